The Morgan fingerprint density at radius 1 is 1.11 bits per heavy atom. The quantitative estimate of drug-likeness (QED) is 0.628. The van der Waals surface area contributed by atoms with Crippen LogP contribution < -0.4 is 10.2 Å². The van der Waals surface area contributed by atoms with Crippen molar-refractivity contribution in [3.8, 4) is 0 Å². The van der Waals surface area contributed by atoms with Crippen molar-refractivity contribution in [2.75, 3.05) is 10.2 Å². The molecule has 3 amide bonds. The number of nitrogens with one attached hydrogen (secondary N) is 1. The Balaban J connectivity index is 1.40. The summed E-state index contributed by atoms with van der Waals surface area (Å²) in [5.74, 6) is -0.691. The van der Waals surface area contributed by atoms with Crippen LogP contribution in [0.2, 0.25) is 5.02 Å². The third-order valence-electron chi connectivity index (χ3n) is 5.67. The van der Waals surface area contributed by atoms with Crippen LogP contribution in [0, 0.1) is 23.7 Å². The molecule has 1 aliphatic heterocycles. The van der Waals surface area contributed by atoms with E-state index in [4.69, 9.17) is 11.6 Å². The van der Waals surface area contributed by atoms with Gasteiger partial charge in [0.1, 0.15) is 0 Å². The number of allylic oxidation sites excluding steroid dienone is 2. The second-order valence-corrected chi connectivity index (χ2v) is 8.46. The average molecular weight is 399 g/mol. The van der Waals surface area contributed by atoms with E-state index in [1.54, 1.807) is 30.3 Å². The summed E-state index contributed by atoms with van der Waals surface area (Å²) in [7, 11) is 0. The molecule has 1 N–H and O–H groups in total. The van der Waals surface area contributed by atoms with Crippen molar-refractivity contribution in [2.45, 2.75) is 6.42 Å². The van der Waals surface area contributed by atoms with Crippen LogP contribution in [-0.2, 0) is 9.59 Å². The van der Waals surface area contributed by atoms with Crippen LogP contribution in [0.3, 0.4) is 0 Å². The van der Waals surface area contributed by atoms with Gasteiger partial charge in [0, 0.05) is 0 Å². The van der Waals surface area contributed by atoms with E-state index in [0.717, 1.165) is 6.42 Å². The monoisotopic (exact) mass is 398 g/mol. The van der Waals surface area contributed by atoms with E-state index in [1.165, 1.54) is 16.2 Å². The van der Waals surface area contributed by atoms with Gasteiger partial charge in [0.15, 0.2) is 0 Å². The van der Waals surface area contributed by atoms with E-state index in [2.05, 4.69) is 17.5 Å². The molecule has 0 unspecified atom stereocenters. The summed E-state index contributed by atoms with van der Waals surface area (Å²) in [5, 5.41) is 4.87. The molecule has 136 valence electrons. The Hall–Kier alpha value is -2.44. The molecular weight excluding hydrogens is 384 g/mol. The molecule has 4 atom stereocenters. The summed E-state index contributed by atoms with van der Waals surface area (Å²) in [6.45, 7) is 0. The van der Waals surface area contributed by atoms with Crippen molar-refractivity contribution < 1.29 is 14.4 Å². The molecule has 2 aromatic rings. The lowest BCUT2D eigenvalue weighted by Crippen LogP contribution is -2.32. The molecule has 27 heavy (non-hydrogen) atoms. The maximum Gasteiger partial charge on any atom is 0.265 e. The molecule has 2 heterocycles. The van der Waals surface area contributed by atoms with Gasteiger partial charge < -0.3 is 5.32 Å². The second-order valence-electron chi connectivity index (χ2n) is 7.11. The van der Waals surface area contributed by atoms with E-state index in [0.29, 0.717) is 16.3 Å². The van der Waals surface area contributed by atoms with Gasteiger partial charge in [0.2, 0.25) is 11.8 Å². The van der Waals surface area contributed by atoms with Crippen molar-refractivity contribution >= 4 is 52.0 Å². The molecule has 1 aromatic carbocycles. The highest BCUT2D eigenvalue weighted by atomic mass is 35.5. The first-order chi connectivity index (χ1) is 13.0. The standard InChI is InChI=1S/C20H15ClN2O3S/c21-13-9-12(5-6-14(13)22-18(24)15-2-1-7-27-15)23-19(25)16-10-3-4-11(8-10)17(16)20(23)26/h1-7,9-11,16-17H,8H2,(H,22,24)/t10-,11-,16-,17+/m1/s1. The minimum Gasteiger partial charge on any atom is -0.320 e. The summed E-state index contributed by atoms with van der Waals surface area (Å²) in [5.41, 5.74) is 0.901. The van der Waals surface area contributed by atoms with Crippen LogP contribution in [0.1, 0.15) is 16.1 Å². The fraction of sp³-hybridized carbons (Fsp3) is 0.250. The summed E-state index contributed by atoms with van der Waals surface area (Å²) >= 11 is 7.66. The number of imide groups is 1. The smallest absolute Gasteiger partial charge is 0.265 e. The molecule has 5 nitrogen and oxygen atoms in total. The molecule has 3 aliphatic rings. The highest BCUT2D eigenvalue weighted by molar-refractivity contribution is 7.12. The molecule has 2 aliphatic carbocycles. The number of thiophene rings is 1. The van der Waals surface area contributed by atoms with Gasteiger partial charge >= 0.3 is 0 Å². The number of carbonyl (C=O) groups is 3. The van der Waals surface area contributed by atoms with Gasteiger partial charge in [-0.25, -0.2) is 4.90 Å². The number of nitrogens with zero attached hydrogens (tertiary/aromatic N) is 1. The zero-order valence-electron chi connectivity index (χ0n) is 14.1. The molecule has 2 bridgehead atoms. The number of rotatable bonds is 3. The number of hydrogen-bond donors (Lipinski definition) is 1. The molecule has 1 saturated carbocycles. The van der Waals surface area contributed by atoms with Crippen LogP contribution in [0.25, 0.3) is 0 Å². The topological polar surface area (TPSA) is 66.5 Å². The predicted octanol–water partition coefficient (Wildman–Crippen LogP) is 3.97. The van der Waals surface area contributed by atoms with E-state index >= 15 is 0 Å². The first-order valence-electron chi connectivity index (χ1n) is 8.75. The fourth-order valence-corrected chi connectivity index (χ4v) is 5.33. The lowest BCUT2D eigenvalue weighted by atomic mass is 9.85. The van der Waals surface area contributed by atoms with Crippen LogP contribution in [0.15, 0.2) is 47.9 Å². The number of anilines is 2. The maximum atomic E-state index is 12.9. The first-order valence-corrected chi connectivity index (χ1v) is 10.0. The van der Waals surface area contributed by atoms with Gasteiger partial charge in [0.25, 0.3) is 5.91 Å². The number of carbonyl (C=O) groups excluding carboxylic acids is 3. The zero-order valence-corrected chi connectivity index (χ0v) is 15.7. The molecule has 0 radical (unpaired) electrons. The van der Waals surface area contributed by atoms with Crippen LogP contribution >= 0.6 is 22.9 Å². The number of fused-ring (bicyclic) bond motifs is 5. The number of halogens is 1. The van der Waals surface area contributed by atoms with Crippen LogP contribution in [0.5, 0.6) is 0 Å². The summed E-state index contributed by atoms with van der Waals surface area (Å²) in [6.07, 6.45) is 5.03. The van der Waals surface area contributed by atoms with Crippen molar-refractivity contribution in [1.82, 2.24) is 0 Å². The number of amides is 3. The second kappa shape index (κ2) is 6.04. The van der Waals surface area contributed by atoms with Crippen LogP contribution in [0.4, 0.5) is 11.4 Å². The highest BCUT2D eigenvalue weighted by Gasteiger charge is 2.59. The molecule has 1 saturated heterocycles. The number of benzene rings is 1. The van der Waals surface area contributed by atoms with Gasteiger partial charge in [-0.05, 0) is 47.9 Å². The minimum atomic E-state index is -0.246. The summed E-state index contributed by atoms with van der Waals surface area (Å²) < 4.78 is 0. The summed E-state index contributed by atoms with van der Waals surface area (Å²) in [6, 6.07) is 8.38. The number of hydrogen-bond acceptors (Lipinski definition) is 4. The normalized spacial score (nSPS) is 28.1. The van der Waals surface area contributed by atoms with Crippen molar-refractivity contribution in [1.29, 1.82) is 0 Å². The minimum absolute atomic E-state index is 0.145. The fourth-order valence-electron chi connectivity index (χ4n) is 4.49. The highest BCUT2D eigenvalue weighted by Crippen LogP contribution is 2.53. The molecule has 7 heteroatoms. The molecule has 1 aromatic heterocycles. The Morgan fingerprint density at radius 3 is 2.41 bits per heavy atom. The summed E-state index contributed by atoms with van der Waals surface area (Å²) in [4.78, 5) is 39.8. The third-order valence-corrected chi connectivity index (χ3v) is 6.86. The Bertz CT molecular complexity index is 971. The average Bonchev–Trinajstić information content (AvgIpc) is 3.42. The third kappa shape index (κ3) is 2.47. The maximum absolute atomic E-state index is 12.9. The first kappa shape index (κ1) is 16.7. The lowest BCUT2D eigenvalue weighted by Gasteiger charge is -2.18. The van der Waals surface area contributed by atoms with E-state index in [-0.39, 0.29) is 46.4 Å². The van der Waals surface area contributed by atoms with Crippen molar-refractivity contribution in [2.24, 2.45) is 23.7 Å². The van der Waals surface area contributed by atoms with Gasteiger partial charge in [0.05, 0.1) is 33.1 Å². The molecule has 0 spiro atoms. The zero-order chi connectivity index (χ0) is 18.7. The Labute approximate surface area is 164 Å². The molecule has 5 rings (SSSR count). The van der Waals surface area contributed by atoms with Gasteiger partial charge in [-0.3, -0.25) is 14.4 Å². The van der Waals surface area contributed by atoms with Gasteiger partial charge in [-0.2, -0.15) is 0 Å². The van der Waals surface area contributed by atoms with E-state index < -0.39 is 0 Å². The van der Waals surface area contributed by atoms with E-state index in [1.807, 2.05) is 5.38 Å². The Morgan fingerprint density at radius 2 is 1.81 bits per heavy atom. The largest absolute Gasteiger partial charge is 0.320 e. The lowest BCUT2D eigenvalue weighted by molar-refractivity contribution is -0.123. The van der Waals surface area contributed by atoms with E-state index in [9.17, 15) is 14.4 Å². The van der Waals surface area contributed by atoms with Crippen molar-refractivity contribution in [3.63, 3.8) is 0 Å². The molecular formula is C20H15ClN2O3S. The van der Waals surface area contributed by atoms with Crippen molar-refractivity contribution in [3.05, 3.63) is 57.8 Å². The van der Waals surface area contributed by atoms with Crippen LogP contribution in [-0.4, -0.2) is 17.7 Å². The van der Waals surface area contributed by atoms with Gasteiger partial charge in [-0.1, -0.05) is 29.8 Å². The van der Waals surface area contributed by atoms with Gasteiger partial charge in [-0.15, -0.1) is 11.3 Å². The SMILES string of the molecule is O=C(Nc1ccc(N2C(=O)[C@@H]3[C@H](C2=O)[C@@H]2C=C[C@@H]3C2)cc1Cl)c1cccs1. The molecule has 2 fully saturated rings. The predicted molar refractivity (Wildman–Crippen MR) is 104 cm³/mol. The Kier molecular flexibility index (Phi) is 3.74.